The third kappa shape index (κ3) is 4.35. The first-order chi connectivity index (χ1) is 12.9. The summed E-state index contributed by atoms with van der Waals surface area (Å²) in [6, 6.07) is 13.0. The normalized spacial score (nSPS) is 17.7. The van der Waals surface area contributed by atoms with Crippen LogP contribution in [0.25, 0.3) is 0 Å². The number of rotatable bonds is 5. The predicted molar refractivity (Wildman–Crippen MR) is 95.5 cm³/mol. The van der Waals surface area contributed by atoms with Gasteiger partial charge in [0, 0.05) is 11.3 Å². The van der Waals surface area contributed by atoms with E-state index in [-0.39, 0.29) is 0 Å². The summed E-state index contributed by atoms with van der Waals surface area (Å²) in [4.78, 5) is 35.2. The van der Waals surface area contributed by atoms with Crippen LogP contribution >= 0.6 is 0 Å². The molecule has 2 amide bonds. The van der Waals surface area contributed by atoms with E-state index in [0.29, 0.717) is 22.7 Å². The van der Waals surface area contributed by atoms with Crippen molar-refractivity contribution >= 4 is 23.5 Å². The Morgan fingerprint density at radius 1 is 1.04 bits per heavy atom. The van der Waals surface area contributed by atoms with E-state index in [4.69, 9.17) is 19.9 Å². The SMILES string of the molecule is CC1Oc2ccccc2OC1C(=O)OCC(=O)Nc1ccc(C(N)=O)cc1. The first kappa shape index (κ1) is 18.2. The molecule has 1 aliphatic heterocycles. The molecule has 1 aliphatic rings. The fourth-order valence-corrected chi connectivity index (χ4v) is 2.51. The molecule has 2 aromatic rings. The van der Waals surface area contributed by atoms with Crippen molar-refractivity contribution in [3.63, 3.8) is 0 Å². The van der Waals surface area contributed by atoms with Crippen LogP contribution in [0.15, 0.2) is 48.5 Å². The Kier molecular flexibility index (Phi) is 5.25. The molecule has 140 valence electrons. The quantitative estimate of drug-likeness (QED) is 0.770. The number of benzene rings is 2. The van der Waals surface area contributed by atoms with Gasteiger partial charge in [0.05, 0.1) is 0 Å². The fraction of sp³-hybridized carbons (Fsp3) is 0.211. The number of nitrogens with two attached hydrogens (primary N) is 1. The average Bonchev–Trinajstić information content (AvgIpc) is 2.66. The summed E-state index contributed by atoms with van der Waals surface area (Å²) in [5.74, 6) is -0.800. The Morgan fingerprint density at radius 2 is 1.67 bits per heavy atom. The molecule has 2 unspecified atom stereocenters. The lowest BCUT2D eigenvalue weighted by Crippen LogP contribution is -2.45. The molecule has 0 saturated carbocycles. The molecule has 2 aromatic carbocycles. The van der Waals surface area contributed by atoms with Gasteiger partial charge in [-0.2, -0.15) is 0 Å². The smallest absolute Gasteiger partial charge is 0.351 e. The second-order valence-electron chi connectivity index (χ2n) is 5.91. The monoisotopic (exact) mass is 370 g/mol. The van der Waals surface area contributed by atoms with Crippen molar-refractivity contribution < 1.29 is 28.6 Å². The molecule has 27 heavy (non-hydrogen) atoms. The first-order valence-corrected chi connectivity index (χ1v) is 8.23. The lowest BCUT2D eigenvalue weighted by Gasteiger charge is -2.30. The zero-order valence-corrected chi connectivity index (χ0v) is 14.5. The number of primary amides is 1. The Labute approximate surface area is 155 Å². The van der Waals surface area contributed by atoms with E-state index in [0.717, 1.165) is 0 Å². The molecule has 0 spiro atoms. The largest absolute Gasteiger partial charge is 0.482 e. The second kappa shape index (κ2) is 7.77. The van der Waals surface area contributed by atoms with Gasteiger partial charge in [0.1, 0.15) is 6.10 Å². The number of fused-ring (bicyclic) bond motifs is 1. The van der Waals surface area contributed by atoms with E-state index < -0.39 is 36.6 Å². The molecule has 0 bridgehead atoms. The highest BCUT2D eigenvalue weighted by molar-refractivity contribution is 5.95. The Hall–Kier alpha value is -3.55. The molecule has 2 atom stereocenters. The molecule has 0 radical (unpaired) electrons. The Bertz CT molecular complexity index is 865. The summed E-state index contributed by atoms with van der Waals surface area (Å²) >= 11 is 0. The number of esters is 1. The molecule has 3 N–H and O–H groups in total. The van der Waals surface area contributed by atoms with Gasteiger partial charge >= 0.3 is 5.97 Å². The van der Waals surface area contributed by atoms with E-state index in [1.54, 1.807) is 31.2 Å². The first-order valence-electron chi connectivity index (χ1n) is 8.23. The van der Waals surface area contributed by atoms with Crippen LogP contribution in [-0.2, 0) is 14.3 Å². The number of carbonyl (C=O) groups excluding carboxylic acids is 3. The number of para-hydroxylation sites is 2. The molecule has 8 nitrogen and oxygen atoms in total. The number of carbonyl (C=O) groups is 3. The number of nitrogens with one attached hydrogen (secondary N) is 1. The highest BCUT2D eigenvalue weighted by Crippen LogP contribution is 2.33. The van der Waals surface area contributed by atoms with Gasteiger partial charge in [-0.1, -0.05) is 12.1 Å². The van der Waals surface area contributed by atoms with E-state index in [2.05, 4.69) is 5.32 Å². The van der Waals surface area contributed by atoms with Crippen molar-refractivity contribution in [1.82, 2.24) is 0 Å². The van der Waals surface area contributed by atoms with Crippen LogP contribution in [0.3, 0.4) is 0 Å². The third-order valence-electron chi connectivity index (χ3n) is 3.87. The molecule has 3 rings (SSSR count). The maximum absolute atomic E-state index is 12.2. The summed E-state index contributed by atoms with van der Waals surface area (Å²) in [6.07, 6.45) is -1.53. The maximum Gasteiger partial charge on any atom is 0.351 e. The summed E-state index contributed by atoms with van der Waals surface area (Å²) < 4.78 is 16.3. The van der Waals surface area contributed by atoms with Crippen molar-refractivity contribution in [2.45, 2.75) is 19.1 Å². The molecule has 1 heterocycles. The molecule has 0 fully saturated rings. The van der Waals surface area contributed by atoms with Gasteiger partial charge < -0.3 is 25.3 Å². The Morgan fingerprint density at radius 3 is 2.30 bits per heavy atom. The average molecular weight is 370 g/mol. The van der Waals surface area contributed by atoms with Crippen molar-refractivity contribution in [3.8, 4) is 11.5 Å². The summed E-state index contributed by atoms with van der Waals surface area (Å²) in [5.41, 5.74) is 5.92. The van der Waals surface area contributed by atoms with Crippen LogP contribution in [0, 0.1) is 0 Å². The summed E-state index contributed by atoms with van der Waals surface area (Å²) in [7, 11) is 0. The third-order valence-corrected chi connectivity index (χ3v) is 3.87. The van der Waals surface area contributed by atoms with Crippen LogP contribution in [0.2, 0.25) is 0 Å². The second-order valence-corrected chi connectivity index (χ2v) is 5.91. The van der Waals surface area contributed by atoms with Crippen LogP contribution < -0.4 is 20.5 Å². The maximum atomic E-state index is 12.2. The number of anilines is 1. The number of amides is 2. The van der Waals surface area contributed by atoms with Gasteiger partial charge in [-0.05, 0) is 43.3 Å². The van der Waals surface area contributed by atoms with Crippen LogP contribution in [-0.4, -0.2) is 36.6 Å². The van der Waals surface area contributed by atoms with Gasteiger partial charge in [-0.3, -0.25) is 9.59 Å². The molecular weight excluding hydrogens is 352 g/mol. The molecule has 0 aliphatic carbocycles. The molecule has 0 aromatic heterocycles. The van der Waals surface area contributed by atoms with Crippen molar-refractivity contribution in [1.29, 1.82) is 0 Å². The van der Waals surface area contributed by atoms with Crippen LogP contribution in [0.1, 0.15) is 17.3 Å². The fourth-order valence-electron chi connectivity index (χ4n) is 2.51. The van der Waals surface area contributed by atoms with Gasteiger partial charge in [-0.25, -0.2) is 4.79 Å². The van der Waals surface area contributed by atoms with E-state index in [9.17, 15) is 14.4 Å². The topological polar surface area (TPSA) is 117 Å². The minimum Gasteiger partial charge on any atom is -0.482 e. The van der Waals surface area contributed by atoms with Crippen molar-refractivity contribution in [2.24, 2.45) is 5.73 Å². The van der Waals surface area contributed by atoms with Crippen LogP contribution in [0.4, 0.5) is 5.69 Å². The Balaban J connectivity index is 1.53. The zero-order chi connectivity index (χ0) is 19.4. The van der Waals surface area contributed by atoms with E-state index in [1.165, 1.54) is 24.3 Å². The van der Waals surface area contributed by atoms with Gasteiger partial charge in [-0.15, -0.1) is 0 Å². The summed E-state index contributed by atoms with van der Waals surface area (Å²) in [5, 5.41) is 2.55. The van der Waals surface area contributed by atoms with Crippen molar-refractivity contribution in [2.75, 3.05) is 11.9 Å². The van der Waals surface area contributed by atoms with E-state index >= 15 is 0 Å². The number of ether oxygens (including phenoxy) is 3. The number of hydrogen-bond donors (Lipinski definition) is 2. The number of hydrogen-bond acceptors (Lipinski definition) is 6. The van der Waals surface area contributed by atoms with Gasteiger partial charge in [0.15, 0.2) is 18.1 Å². The molecule has 8 heteroatoms. The highest BCUT2D eigenvalue weighted by Gasteiger charge is 2.35. The minimum atomic E-state index is -0.970. The van der Waals surface area contributed by atoms with Gasteiger partial charge in [0.25, 0.3) is 5.91 Å². The predicted octanol–water partition coefficient (Wildman–Crippen LogP) is 1.50. The van der Waals surface area contributed by atoms with Crippen LogP contribution in [0.5, 0.6) is 11.5 Å². The lowest BCUT2D eigenvalue weighted by atomic mass is 10.2. The molecular formula is C19H18N2O6. The van der Waals surface area contributed by atoms with E-state index in [1.807, 2.05) is 0 Å². The standard InChI is InChI=1S/C19H18N2O6/c1-11-17(27-15-5-3-2-4-14(15)26-11)19(24)25-10-16(22)21-13-8-6-12(7-9-13)18(20)23/h2-9,11,17H,10H2,1H3,(H2,20,23)(H,21,22). The lowest BCUT2D eigenvalue weighted by molar-refractivity contribution is -0.159. The van der Waals surface area contributed by atoms with Gasteiger partial charge in [0.2, 0.25) is 12.0 Å². The highest BCUT2D eigenvalue weighted by atomic mass is 16.6. The minimum absolute atomic E-state index is 0.322. The summed E-state index contributed by atoms with van der Waals surface area (Å²) in [6.45, 7) is 1.20. The van der Waals surface area contributed by atoms with Crippen molar-refractivity contribution in [3.05, 3.63) is 54.1 Å². The zero-order valence-electron chi connectivity index (χ0n) is 14.5. The molecule has 0 saturated heterocycles.